The minimum Gasteiger partial charge on any atom is -0.396 e. The Morgan fingerprint density at radius 1 is 1.71 bits per heavy atom. The predicted molar refractivity (Wildman–Crippen MR) is 53.5 cm³/mol. The van der Waals surface area contributed by atoms with E-state index in [4.69, 9.17) is 16.1 Å². The number of anilines is 2. The summed E-state index contributed by atoms with van der Waals surface area (Å²) in [7, 11) is 0. The molecule has 0 saturated carbocycles. The van der Waals surface area contributed by atoms with Crippen molar-refractivity contribution >= 4 is 11.5 Å². The van der Waals surface area contributed by atoms with Crippen LogP contribution in [0.2, 0.25) is 0 Å². The molecule has 0 aliphatic rings. The van der Waals surface area contributed by atoms with Crippen LogP contribution in [0.25, 0.3) is 0 Å². The molecule has 1 rings (SSSR count). The number of hydrogen-bond donors (Lipinski definition) is 3. The Balaban J connectivity index is 2.76. The maximum Gasteiger partial charge on any atom is 0.165 e. The average Bonchev–Trinajstić information content (AvgIpc) is 2.16. The van der Waals surface area contributed by atoms with Crippen LogP contribution in [0.3, 0.4) is 0 Å². The van der Waals surface area contributed by atoms with Crippen molar-refractivity contribution in [3.63, 3.8) is 0 Å². The minimum atomic E-state index is -0.458. The van der Waals surface area contributed by atoms with Gasteiger partial charge in [0.25, 0.3) is 0 Å². The van der Waals surface area contributed by atoms with Crippen LogP contribution >= 0.6 is 0 Å². The SMILES string of the molecule is CC(O)CNc1ccc(N)c(C#N)n1. The molecule has 0 amide bonds. The third-order valence-electron chi connectivity index (χ3n) is 1.61. The van der Waals surface area contributed by atoms with Crippen LogP contribution < -0.4 is 11.1 Å². The first kappa shape index (κ1) is 10.3. The molecule has 4 N–H and O–H groups in total. The number of nitrogen functional groups attached to an aromatic ring is 1. The van der Waals surface area contributed by atoms with Crippen molar-refractivity contribution in [3.05, 3.63) is 17.8 Å². The lowest BCUT2D eigenvalue weighted by molar-refractivity contribution is 0.208. The Kier molecular flexibility index (Phi) is 3.26. The molecular formula is C9H12N4O. The van der Waals surface area contributed by atoms with Gasteiger partial charge in [0.2, 0.25) is 0 Å². The van der Waals surface area contributed by atoms with Gasteiger partial charge in [0.15, 0.2) is 5.69 Å². The standard InChI is InChI=1S/C9H12N4O/c1-6(14)5-12-9-3-2-7(11)8(4-10)13-9/h2-3,6,14H,5,11H2,1H3,(H,12,13). The highest BCUT2D eigenvalue weighted by Gasteiger charge is 2.02. The Morgan fingerprint density at radius 2 is 2.43 bits per heavy atom. The fourth-order valence-electron chi connectivity index (χ4n) is 0.910. The summed E-state index contributed by atoms with van der Waals surface area (Å²) in [4.78, 5) is 3.95. The van der Waals surface area contributed by atoms with E-state index in [-0.39, 0.29) is 5.69 Å². The van der Waals surface area contributed by atoms with Crippen molar-refractivity contribution in [2.24, 2.45) is 0 Å². The van der Waals surface area contributed by atoms with Gasteiger partial charge in [-0.2, -0.15) is 5.26 Å². The lowest BCUT2D eigenvalue weighted by Gasteiger charge is -2.07. The van der Waals surface area contributed by atoms with Gasteiger partial charge in [-0.05, 0) is 19.1 Å². The fraction of sp³-hybridized carbons (Fsp3) is 0.333. The molecule has 0 bridgehead atoms. The maximum absolute atomic E-state index is 9.01. The Bertz CT molecular complexity index is 356. The monoisotopic (exact) mass is 192 g/mol. The van der Waals surface area contributed by atoms with Crippen LogP contribution in [0.5, 0.6) is 0 Å². The van der Waals surface area contributed by atoms with Crippen LogP contribution in [0.15, 0.2) is 12.1 Å². The molecule has 14 heavy (non-hydrogen) atoms. The van der Waals surface area contributed by atoms with Gasteiger partial charge in [0.1, 0.15) is 11.9 Å². The number of aliphatic hydroxyl groups is 1. The second-order valence-electron chi connectivity index (χ2n) is 2.98. The van der Waals surface area contributed by atoms with Gasteiger partial charge in [-0.3, -0.25) is 0 Å². The van der Waals surface area contributed by atoms with Crippen molar-refractivity contribution < 1.29 is 5.11 Å². The van der Waals surface area contributed by atoms with E-state index < -0.39 is 6.10 Å². The molecule has 0 aliphatic heterocycles. The van der Waals surface area contributed by atoms with E-state index in [0.29, 0.717) is 18.1 Å². The van der Waals surface area contributed by atoms with Crippen molar-refractivity contribution in [3.8, 4) is 6.07 Å². The van der Waals surface area contributed by atoms with E-state index in [9.17, 15) is 0 Å². The third kappa shape index (κ3) is 2.61. The van der Waals surface area contributed by atoms with Crippen molar-refractivity contribution in [2.75, 3.05) is 17.6 Å². The number of pyridine rings is 1. The van der Waals surface area contributed by atoms with Crippen molar-refractivity contribution in [2.45, 2.75) is 13.0 Å². The van der Waals surface area contributed by atoms with Crippen LogP contribution in [-0.4, -0.2) is 22.7 Å². The smallest absolute Gasteiger partial charge is 0.165 e. The lowest BCUT2D eigenvalue weighted by Crippen LogP contribution is -2.16. The number of aromatic nitrogens is 1. The number of nitrogens with two attached hydrogens (primary N) is 1. The summed E-state index contributed by atoms with van der Waals surface area (Å²) in [5, 5.41) is 20.5. The largest absolute Gasteiger partial charge is 0.396 e. The molecule has 1 atom stereocenters. The van der Waals surface area contributed by atoms with E-state index >= 15 is 0 Å². The summed E-state index contributed by atoms with van der Waals surface area (Å²) in [6.45, 7) is 2.05. The van der Waals surface area contributed by atoms with Crippen LogP contribution in [0.4, 0.5) is 11.5 Å². The molecule has 0 saturated heterocycles. The maximum atomic E-state index is 9.01. The molecule has 0 aromatic carbocycles. The zero-order chi connectivity index (χ0) is 10.6. The number of aliphatic hydroxyl groups excluding tert-OH is 1. The van der Waals surface area contributed by atoms with Crippen LogP contribution in [-0.2, 0) is 0 Å². The van der Waals surface area contributed by atoms with Crippen molar-refractivity contribution in [1.29, 1.82) is 5.26 Å². The number of nitriles is 1. The number of rotatable bonds is 3. The topological polar surface area (TPSA) is 95.0 Å². The number of nitrogens with zero attached hydrogens (tertiary/aromatic N) is 2. The van der Waals surface area contributed by atoms with E-state index in [1.807, 2.05) is 6.07 Å². The Hall–Kier alpha value is -1.80. The number of hydrogen-bond acceptors (Lipinski definition) is 5. The normalized spacial score (nSPS) is 11.8. The molecule has 1 unspecified atom stereocenters. The molecule has 5 nitrogen and oxygen atoms in total. The van der Waals surface area contributed by atoms with Gasteiger partial charge in [0.05, 0.1) is 11.8 Å². The first-order valence-electron chi connectivity index (χ1n) is 4.22. The fourth-order valence-corrected chi connectivity index (χ4v) is 0.910. The second-order valence-corrected chi connectivity index (χ2v) is 2.98. The molecule has 5 heteroatoms. The molecule has 0 spiro atoms. The second kappa shape index (κ2) is 4.44. The van der Waals surface area contributed by atoms with Gasteiger partial charge in [0, 0.05) is 6.54 Å². The van der Waals surface area contributed by atoms with Crippen LogP contribution in [0, 0.1) is 11.3 Å². The van der Waals surface area contributed by atoms with E-state index in [1.54, 1.807) is 19.1 Å². The summed E-state index contributed by atoms with van der Waals surface area (Å²) < 4.78 is 0. The molecule has 0 aliphatic carbocycles. The summed E-state index contributed by atoms with van der Waals surface area (Å²) in [6.07, 6.45) is -0.458. The number of nitrogens with one attached hydrogen (secondary N) is 1. The zero-order valence-corrected chi connectivity index (χ0v) is 7.86. The average molecular weight is 192 g/mol. The molecule has 74 valence electrons. The highest BCUT2D eigenvalue weighted by molar-refractivity contribution is 5.54. The summed E-state index contributed by atoms with van der Waals surface area (Å²) in [6, 6.07) is 5.16. The molecule has 0 radical (unpaired) electrons. The van der Waals surface area contributed by atoms with E-state index in [1.165, 1.54) is 0 Å². The van der Waals surface area contributed by atoms with E-state index in [2.05, 4.69) is 10.3 Å². The van der Waals surface area contributed by atoms with Crippen molar-refractivity contribution in [1.82, 2.24) is 4.98 Å². The first-order valence-corrected chi connectivity index (χ1v) is 4.22. The Morgan fingerprint density at radius 3 is 3.00 bits per heavy atom. The summed E-state index contributed by atoms with van der Waals surface area (Å²) in [5.41, 5.74) is 6.05. The zero-order valence-electron chi connectivity index (χ0n) is 7.86. The minimum absolute atomic E-state index is 0.195. The van der Waals surface area contributed by atoms with Gasteiger partial charge in [-0.25, -0.2) is 4.98 Å². The molecule has 1 heterocycles. The first-order chi connectivity index (χ1) is 6.63. The summed E-state index contributed by atoms with van der Waals surface area (Å²) >= 11 is 0. The molecule has 1 aromatic rings. The highest BCUT2D eigenvalue weighted by atomic mass is 16.3. The molecule has 1 aromatic heterocycles. The highest BCUT2D eigenvalue weighted by Crippen LogP contribution is 2.11. The lowest BCUT2D eigenvalue weighted by atomic mass is 10.3. The predicted octanol–water partition coefficient (Wildman–Crippen LogP) is 0.328. The summed E-state index contributed by atoms with van der Waals surface area (Å²) in [5.74, 6) is 0.539. The quantitative estimate of drug-likeness (QED) is 0.641. The van der Waals surface area contributed by atoms with Gasteiger partial charge in [-0.15, -0.1) is 0 Å². The van der Waals surface area contributed by atoms with E-state index in [0.717, 1.165) is 0 Å². The molecular weight excluding hydrogens is 180 g/mol. The third-order valence-corrected chi connectivity index (χ3v) is 1.61. The van der Waals surface area contributed by atoms with Gasteiger partial charge >= 0.3 is 0 Å². The Labute approximate surface area is 82.2 Å². The van der Waals surface area contributed by atoms with Gasteiger partial charge in [-0.1, -0.05) is 0 Å². The molecule has 0 fully saturated rings. The van der Waals surface area contributed by atoms with Gasteiger partial charge < -0.3 is 16.2 Å². The van der Waals surface area contributed by atoms with Crippen LogP contribution in [0.1, 0.15) is 12.6 Å².